The molecule has 0 aliphatic carbocycles. The van der Waals surface area contributed by atoms with Gasteiger partial charge in [0, 0.05) is 27.3 Å². The molecule has 2 rings (SSSR count). The maximum atomic E-state index is 10.6. The SMILES string of the molecule is O=[N+]([O-])c1cc(Cl)c2ncc(I)cc2c1. The molecule has 0 aliphatic heterocycles. The number of non-ortho nitro benzene ring substituents is 1. The van der Waals surface area contributed by atoms with E-state index < -0.39 is 4.92 Å². The number of hydrogen-bond acceptors (Lipinski definition) is 3. The molecule has 0 aliphatic rings. The summed E-state index contributed by atoms with van der Waals surface area (Å²) in [6, 6.07) is 4.59. The van der Waals surface area contributed by atoms with Gasteiger partial charge in [-0.15, -0.1) is 0 Å². The molecule has 0 bridgehead atoms. The third-order valence-electron chi connectivity index (χ3n) is 1.90. The number of benzene rings is 1. The summed E-state index contributed by atoms with van der Waals surface area (Å²) in [5.41, 5.74) is 0.569. The van der Waals surface area contributed by atoms with Crippen LogP contribution in [0.25, 0.3) is 10.9 Å². The fraction of sp³-hybridized carbons (Fsp3) is 0. The molecule has 0 fully saturated rings. The molecule has 2 aromatic rings. The number of fused-ring (bicyclic) bond motifs is 1. The summed E-state index contributed by atoms with van der Waals surface area (Å²) in [6.07, 6.45) is 1.67. The number of rotatable bonds is 1. The Morgan fingerprint density at radius 2 is 2.13 bits per heavy atom. The van der Waals surface area contributed by atoms with E-state index in [1.54, 1.807) is 6.20 Å². The van der Waals surface area contributed by atoms with Crippen LogP contribution in [0.5, 0.6) is 0 Å². The van der Waals surface area contributed by atoms with E-state index in [-0.39, 0.29) is 5.69 Å². The lowest BCUT2D eigenvalue weighted by Gasteiger charge is -2.00. The van der Waals surface area contributed by atoms with Gasteiger partial charge in [0.15, 0.2) is 0 Å². The number of nitro groups is 1. The quantitative estimate of drug-likeness (QED) is 0.456. The molecule has 15 heavy (non-hydrogen) atoms. The highest BCUT2D eigenvalue weighted by molar-refractivity contribution is 14.1. The molecule has 0 radical (unpaired) electrons. The largest absolute Gasteiger partial charge is 0.271 e. The van der Waals surface area contributed by atoms with Gasteiger partial charge in [-0.3, -0.25) is 15.1 Å². The van der Waals surface area contributed by atoms with E-state index in [2.05, 4.69) is 27.6 Å². The summed E-state index contributed by atoms with van der Waals surface area (Å²) in [7, 11) is 0. The normalized spacial score (nSPS) is 10.5. The first kappa shape index (κ1) is 10.6. The maximum absolute atomic E-state index is 10.6. The summed E-state index contributed by atoms with van der Waals surface area (Å²) in [6.45, 7) is 0. The molecule has 0 spiro atoms. The van der Waals surface area contributed by atoms with Crippen LogP contribution in [0.15, 0.2) is 24.4 Å². The number of pyridine rings is 1. The molecule has 1 aromatic carbocycles. The van der Waals surface area contributed by atoms with E-state index in [1.165, 1.54) is 12.1 Å². The van der Waals surface area contributed by atoms with Crippen molar-refractivity contribution in [3.8, 4) is 0 Å². The molecule has 1 aromatic heterocycles. The van der Waals surface area contributed by atoms with Crippen molar-refractivity contribution in [1.82, 2.24) is 4.98 Å². The minimum Gasteiger partial charge on any atom is -0.258 e. The molecule has 1 heterocycles. The van der Waals surface area contributed by atoms with Crippen LogP contribution in [-0.4, -0.2) is 9.91 Å². The van der Waals surface area contributed by atoms with Crippen molar-refractivity contribution < 1.29 is 4.92 Å². The number of nitro benzene ring substituents is 1. The Morgan fingerprint density at radius 1 is 1.40 bits per heavy atom. The molecule has 0 N–H and O–H groups in total. The molecule has 0 saturated carbocycles. The summed E-state index contributed by atoms with van der Waals surface area (Å²) in [5.74, 6) is 0. The number of nitrogens with zero attached hydrogens (tertiary/aromatic N) is 2. The van der Waals surface area contributed by atoms with Gasteiger partial charge in [-0.2, -0.15) is 0 Å². The van der Waals surface area contributed by atoms with E-state index >= 15 is 0 Å². The van der Waals surface area contributed by atoms with Gasteiger partial charge in [-0.1, -0.05) is 11.6 Å². The van der Waals surface area contributed by atoms with Gasteiger partial charge in [0.25, 0.3) is 5.69 Å². The molecule has 0 amide bonds. The van der Waals surface area contributed by atoms with Gasteiger partial charge in [0.2, 0.25) is 0 Å². The lowest BCUT2D eigenvalue weighted by Crippen LogP contribution is -1.89. The third-order valence-corrected chi connectivity index (χ3v) is 2.78. The Morgan fingerprint density at radius 3 is 2.80 bits per heavy atom. The van der Waals surface area contributed by atoms with Crippen LogP contribution in [0.1, 0.15) is 0 Å². The Hall–Kier alpha value is -0.950. The third kappa shape index (κ3) is 2.03. The van der Waals surface area contributed by atoms with Crippen LogP contribution in [-0.2, 0) is 0 Å². The second kappa shape index (κ2) is 3.90. The predicted octanol–water partition coefficient (Wildman–Crippen LogP) is 3.40. The van der Waals surface area contributed by atoms with Crippen LogP contribution in [0.4, 0.5) is 5.69 Å². The number of hydrogen-bond donors (Lipinski definition) is 0. The first-order valence-electron chi connectivity index (χ1n) is 3.97. The fourth-order valence-corrected chi connectivity index (χ4v) is 2.01. The van der Waals surface area contributed by atoms with Crippen molar-refractivity contribution in [1.29, 1.82) is 0 Å². The van der Waals surface area contributed by atoms with Crippen molar-refractivity contribution in [2.24, 2.45) is 0 Å². The highest BCUT2D eigenvalue weighted by Crippen LogP contribution is 2.28. The van der Waals surface area contributed by atoms with Gasteiger partial charge in [0.05, 0.1) is 15.5 Å². The Labute approximate surface area is 104 Å². The summed E-state index contributed by atoms with van der Waals surface area (Å²) < 4.78 is 0.914. The highest BCUT2D eigenvalue weighted by atomic mass is 127. The molecular formula is C9H4ClIN2O2. The lowest BCUT2D eigenvalue weighted by molar-refractivity contribution is -0.384. The zero-order chi connectivity index (χ0) is 11.0. The van der Waals surface area contributed by atoms with Gasteiger partial charge in [-0.25, -0.2) is 0 Å². The molecule has 6 heteroatoms. The first-order chi connectivity index (χ1) is 7.08. The molecule has 0 saturated heterocycles. The van der Waals surface area contributed by atoms with Crippen LogP contribution < -0.4 is 0 Å². The van der Waals surface area contributed by atoms with Crippen molar-refractivity contribution >= 4 is 50.8 Å². The van der Waals surface area contributed by atoms with Crippen LogP contribution in [0.2, 0.25) is 5.02 Å². The summed E-state index contributed by atoms with van der Waals surface area (Å²) in [5, 5.41) is 11.6. The predicted molar refractivity (Wildman–Crippen MR) is 66.1 cm³/mol. The second-order valence-corrected chi connectivity index (χ2v) is 4.56. The number of aromatic nitrogens is 1. The molecular weight excluding hydrogens is 330 g/mol. The second-order valence-electron chi connectivity index (χ2n) is 2.91. The van der Waals surface area contributed by atoms with E-state index in [0.717, 1.165) is 3.57 Å². The van der Waals surface area contributed by atoms with Crippen LogP contribution in [0, 0.1) is 13.7 Å². The molecule has 76 valence electrons. The van der Waals surface area contributed by atoms with E-state index in [1.807, 2.05) is 6.07 Å². The highest BCUT2D eigenvalue weighted by Gasteiger charge is 2.11. The average molecular weight is 335 g/mol. The van der Waals surface area contributed by atoms with E-state index in [9.17, 15) is 10.1 Å². The van der Waals surface area contributed by atoms with Crippen molar-refractivity contribution in [2.45, 2.75) is 0 Å². The fourth-order valence-electron chi connectivity index (χ4n) is 1.27. The summed E-state index contributed by atoms with van der Waals surface area (Å²) >= 11 is 7.98. The van der Waals surface area contributed by atoms with Crippen molar-refractivity contribution in [2.75, 3.05) is 0 Å². The molecule has 4 nitrogen and oxygen atoms in total. The zero-order valence-electron chi connectivity index (χ0n) is 7.28. The van der Waals surface area contributed by atoms with Crippen LogP contribution >= 0.6 is 34.2 Å². The van der Waals surface area contributed by atoms with Gasteiger partial charge < -0.3 is 0 Å². The topological polar surface area (TPSA) is 56.0 Å². The molecule has 0 unspecified atom stereocenters. The van der Waals surface area contributed by atoms with Crippen LogP contribution in [0.3, 0.4) is 0 Å². The minimum absolute atomic E-state index is 0.0173. The van der Waals surface area contributed by atoms with Crippen molar-refractivity contribution in [3.63, 3.8) is 0 Å². The van der Waals surface area contributed by atoms with Crippen molar-refractivity contribution in [3.05, 3.63) is 43.1 Å². The summed E-state index contributed by atoms with van der Waals surface area (Å²) in [4.78, 5) is 14.3. The lowest BCUT2D eigenvalue weighted by atomic mass is 10.2. The van der Waals surface area contributed by atoms with E-state index in [4.69, 9.17) is 11.6 Å². The van der Waals surface area contributed by atoms with Gasteiger partial charge >= 0.3 is 0 Å². The van der Waals surface area contributed by atoms with E-state index in [0.29, 0.717) is 15.9 Å². The zero-order valence-corrected chi connectivity index (χ0v) is 10.2. The first-order valence-corrected chi connectivity index (χ1v) is 5.43. The standard InChI is InChI=1S/C9H4ClIN2O2/c10-8-3-7(13(14)15)2-5-1-6(11)4-12-9(5)8/h1-4H. The Kier molecular flexibility index (Phi) is 2.74. The average Bonchev–Trinajstić information content (AvgIpc) is 2.16. The maximum Gasteiger partial charge on any atom is 0.271 e. The van der Waals surface area contributed by atoms with Gasteiger partial charge in [0.1, 0.15) is 0 Å². The van der Waals surface area contributed by atoms with Gasteiger partial charge in [-0.05, 0) is 28.7 Å². The minimum atomic E-state index is -0.467. The Bertz CT molecular complexity index is 559. The molecule has 0 atom stereocenters. The monoisotopic (exact) mass is 334 g/mol. The Balaban J connectivity index is 2.79. The smallest absolute Gasteiger partial charge is 0.258 e. The number of halogens is 2.